The van der Waals surface area contributed by atoms with Crippen molar-refractivity contribution in [3.63, 3.8) is 0 Å². The Kier molecular flexibility index (Phi) is 6.22. The van der Waals surface area contributed by atoms with Gasteiger partial charge in [-0.15, -0.1) is 0 Å². The van der Waals surface area contributed by atoms with Crippen LogP contribution in [-0.2, 0) is 17.6 Å². The predicted molar refractivity (Wildman–Crippen MR) is 109 cm³/mol. The van der Waals surface area contributed by atoms with E-state index in [-0.39, 0.29) is 5.91 Å². The summed E-state index contributed by atoms with van der Waals surface area (Å²) in [5.41, 5.74) is 4.07. The molecule has 0 fully saturated rings. The van der Waals surface area contributed by atoms with Crippen molar-refractivity contribution in [2.45, 2.75) is 39.5 Å². The van der Waals surface area contributed by atoms with E-state index in [9.17, 15) is 4.79 Å². The second-order valence-corrected chi connectivity index (χ2v) is 7.41. The van der Waals surface area contributed by atoms with Gasteiger partial charge in [0.1, 0.15) is 17.1 Å². The van der Waals surface area contributed by atoms with Crippen molar-refractivity contribution in [3.8, 4) is 5.75 Å². The largest absolute Gasteiger partial charge is 0.493 e. The molecular weight excluding hydrogens is 340 g/mol. The summed E-state index contributed by atoms with van der Waals surface area (Å²) in [5.74, 6) is 1.80. The van der Waals surface area contributed by atoms with Gasteiger partial charge in [-0.3, -0.25) is 4.79 Å². The number of carbonyl (C=O) groups excluding carboxylic acids is 1. The maximum absolute atomic E-state index is 12.3. The van der Waals surface area contributed by atoms with Gasteiger partial charge in [0, 0.05) is 48.2 Å². The molecule has 0 radical (unpaired) electrons. The zero-order valence-corrected chi connectivity index (χ0v) is 16.9. The van der Waals surface area contributed by atoms with E-state index in [0.717, 1.165) is 53.0 Å². The van der Waals surface area contributed by atoms with Gasteiger partial charge in [-0.05, 0) is 58.8 Å². The monoisotopic (exact) mass is 370 g/mol. The smallest absolute Gasteiger partial charge is 0.244 e. The molecule has 0 saturated heterocycles. The van der Waals surface area contributed by atoms with Crippen LogP contribution in [0.1, 0.15) is 43.6 Å². The minimum Gasteiger partial charge on any atom is -0.493 e. The van der Waals surface area contributed by atoms with Gasteiger partial charge < -0.3 is 19.4 Å². The highest BCUT2D eigenvalue weighted by Crippen LogP contribution is 2.38. The Hall–Kier alpha value is -2.27. The van der Waals surface area contributed by atoms with Gasteiger partial charge in [-0.1, -0.05) is 0 Å². The van der Waals surface area contributed by atoms with E-state index in [1.807, 2.05) is 38.9 Å². The number of hydrogen-bond acceptors (Lipinski definition) is 4. The molecule has 3 rings (SSSR count). The summed E-state index contributed by atoms with van der Waals surface area (Å²) in [6.45, 7) is 5.94. The SMILES string of the molecule is CCOc1cc2oc3c(c2cc1/C(C)=C/C(=O)NCCN(C)C)CCCC3. The van der Waals surface area contributed by atoms with Crippen molar-refractivity contribution in [2.75, 3.05) is 33.8 Å². The predicted octanol–water partition coefficient (Wildman–Crippen LogP) is 3.79. The maximum atomic E-state index is 12.3. The summed E-state index contributed by atoms with van der Waals surface area (Å²) in [7, 11) is 3.98. The Morgan fingerprint density at radius 1 is 1.30 bits per heavy atom. The van der Waals surface area contributed by atoms with E-state index < -0.39 is 0 Å². The van der Waals surface area contributed by atoms with E-state index in [2.05, 4.69) is 11.4 Å². The molecule has 0 bridgehead atoms. The van der Waals surface area contributed by atoms with Crippen LogP contribution in [0.3, 0.4) is 0 Å². The molecule has 5 nitrogen and oxygen atoms in total. The highest BCUT2D eigenvalue weighted by atomic mass is 16.5. The summed E-state index contributed by atoms with van der Waals surface area (Å²) in [6, 6.07) is 4.11. The van der Waals surface area contributed by atoms with Gasteiger partial charge in [0.15, 0.2) is 0 Å². The number of benzene rings is 1. The highest BCUT2D eigenvalue weighted by Gasteiger charge is 2.20. The molecule has 1 aliphatic carbocycles. The third kappa shape index (κ3) is 4.53. The topological polar surface area (TPSA) is 54.7 Å². The number of aryl methyl sites for hydroxylation is 2. The van der Waals surface area contributed by atoms with Crippen molar-refractivity contribution < 1.29 is 13.9 Å². The zero-order valence-electron chi connectivity index (χ0n) is 16.9. The van der Waals surface area contributed by atoms with Crippen LogP contribution in [-0.4, -0.2) is 44.6 Å². The third-order valence-electron chi connectivity index (χ3n) is 4.99. The molecule has 0 saturated carbocycles. The molecule has 146 valence electrons. The van der Waals surface area contributed by atoms with Crippen molar-refractivity contribution in [1.29, 1.82) is 0 Å². The molecule has 2 aromatic rings. The zero-order chi connectivity index (χ0) is 19.4. The molecule has 5 heteroatoms. The number of fused-ring (bicyclic) bond motifs is 3. The molecular formula is C22H30N2O3. The lowest BCUT2D eigenvalue weighted by Crippen LogP contribution is -2.30. The van der Waals surface area contributed by atoms with E-state index in [1.165, 1.54) is 18.4 Å². The van der Waals surface area contributed by atoms with Crippen LogP contribution in [0.4, 0.5) is 0 Å². The number of hydrogen-bond donors (Lipinski definition) is 1. The minimum atomic E-state index is -0.0777. The molecule has 1 aromatic carbocycles. The van der Waals surface area contributed by atoms with Gasteiger partial charge in [-0.25, -0.2) is 0 Å². The first kappa shape index (κ1) is 19.5. The molecule has 1 heterocycles. The fourth-order valence-electron chi connectivity index (χ4n) is 3.60. The van der Waals surface area contributed by atoms with Crippen molar-refractivity contribution in [3.05, 3.63) is 35.1 Å². The quantitative estimate of drug-likeness (QED) is 0.754. The number of furan rings is 1. The highest BCUT2D eigenvalue weighted by molar-refractivity contribution is 5.97. The molecule has 0 aliphatic heterocycles. The number of amides is 1. The van der Waals surface area contributed by atoms with Crippen LogP contribution in [0.5, 0.6) is 5.75 Å². The lowest BCUT2D eigenvalue weighted by Gasteiger charge is -2.13. The Morgan fingerprint density at radius 2 is 2.07 bits per heavy atom. The Labute approximate surface area is 161 Å². The molecule has 1 amide bonds. The summed E-state index contributed by atoms with van der Waals surface area (Å²) in [6.07, 6.45) is 6.11. The number of ether oxygens (including phenoxy) is 1. The standard InChI is InChI=1S/C22H30N2O3/c1-5-26-20-14-21-18(16-8-6-7-9-19(16)27-21)13-17(20)15(2)12-22(25)23-10-11-24(3)4/h12-14H,5-11H2,1-4H3,(H,23,25)/b15-12+. The Bertz CT molecular complexity index is 849. The van der Waals surface area contributed by atoms with Gasteiger partial charge in [0.2, 0.25) is 5.91 Å². The fraction of sp³-hybridized carbons (Fsp3) is 0.500. The van der Waals surface area contributed by atoms with Gasteiger partial charge in [0.25, 0.3) is 0 Å². The van der Waals surface area contributed by atoms with Crippen LogP contribution >= 0.6 is 0 Å². The summed E-state index contributed by atoms with van der Waals surface area (Å²) in [4.78, 5) is 14.3. The lowest BCUT2D eigenvalue weighted by molar-refractivity contribution is -0.116. The fourth-order valence-corrected chi connectivity index (χ4v) is 3.60. The van der Waals surface area contributed by atoms with Crippen LogP contribution < -0.4 is 10.1 Å². The van der Waals surface area contributed by atoms with Gasteiger partial charge in [0.05, 0.1) is 6.61 Å². The molecule has 27 heavy (non-hydrogen) atoms. The maximum Gasteiger partial charge on any atom is 0.244 e. The van der Waals surface area contributed by atoms with E-state index in [1.54, 1.807) is 6.08 Å². The first-order valence-corrected chi connectivity index (χ1v) is 9.82. The van der Waals surface area contributed by atoms with Crippen molar-refractivity contribution in [1.82, 2.24) is 10.2 Å². The average Bonchev–Trinajstić information content (AvgIpc) is 2.98. The van der Waals surface area contributed by atoms with Crippen molar-refractivity contribution in [2.24, 2.45) is 0 Å². The normalized spacial score (nSPS) is 14.5. The van der Waals surface area contributed by atoms with Gasteiger partial charge in [-0.2, -0.15) is 0 Å². The molecule has 1 aliphatic rings. The second kappa shape index (κ2) is 8.61. The van der Waals surface area contributed by atoms with Crippen LogP contribution in [0, 0.1) is 0 Å². The van der Waals surface area contributed by atoms with Crippen LogP contribution in [0.2, 0.25) is 0 Å². The minimum absolute atomic E-state index is 0.0777. The molecule has 0 atom stereocenters. The summed E-state index contributed by atoms with van der Waals surface area (Å²) in [5, 5.41) is 4.09. The average molecular weight is 370 g/mol. The number of likely N-dealkylation sites (N-methyl/N-ethyl adjacent to an activating group) is 1. The number of nitrogens with zero attached hydrogens (tertiary/aromatic N) is 1. The summed E-state index contributed by atoms with van der Waals surface area (Å²) >= 11 is 0. The first-order chi connectivity index (χ1) is 13.0. The van der Waals surface area contributed by atoms with E-state index >= 15 is 0 Å². The van der Waals surface area contributed by atoms with Crippen LogP contribution in [0.25, 0.3) is 16.5 Å². The molecule has 1 aromatic heterocycles. The van der Waals surface area contributed by atoms with E-state index in [0.29, 0.717) is 13.2 Å². The lowest BCUT2D eigenvalue weighted by atomic mass is 9.94. The van der Waals surface area contributed by atoms with Gasteiger partial charge >= 0.3 is 0 Å². The number of allylic oxidation sites excluding steroid dienone is 1. The first-order valence-electron chi connectivity index (χ1n) is 9.82. The van der Waals surface area contributed by atoms with Crippen LogP contribution in [0.15, 0.2) is 22.6 Å². The Morgan fingerprint density at radius 3 is 2.81 bits per heavy atom. The molecule has 1 N–H and O–H groups in total. The molecule has 0 spiro atoms. The summed E-state index contributed by atoms with van der Waals surface area (Å²) < 4.78 is 11.9. The number of nitrogens with one attached hydrogen (secondary N) is 1. The number of rotatable bonds is 7. The van der Waals surface area contributed by atoms with Crippen molar-refractivity contribution >= 4 is 22.4 Å². The third-order valence-corrected chi connectivity index (χ3v) is 4.99. The second-order valence-electron chi connectivity index (χ2n) is 7.41. The molecule has 0 unspecified atom stereocenters. The Balaban J connectivity index is 1.92. The van der Waals surface area contributed by atoms with E-state index in [4.69, 9.17) is 9.15 Å². The number of carbonyl (C=O) groups is 1.